The van der Waals surface area contributed by atoms with E-state index in [9.17, 15) is 9.90 Å². The Hall–Kier alpha value is -2.36. The van der Waals surface area contributed by atoms with Crippen LogP contribution in [0.15, 0.2) is 48.7 Å². The fraction of sp³-hybridized carbons (Fsp3) is 0.294. The number of nitrogens with zero attached hydrogens (tertiary/aromatic N) is 1. The lowest BCUT2D eigenvalue weighted by molar-refractivity contribution is -0.141. The highest BCUT2D eigenvalue weighted by Gasteiger charge is 2.18. The van der Waals surface area contributed by atoms with Crippen LogP contribution in [-0.2, 0) is 17.6 Å². The molecule has 1 aromatic heterocycles. The van der Waals surface area contributed by atoms with Crippen molar-refractivity contribution < 1.29 is 14.6 Å². The Bertz CT molecular complexity index is 584. The molecular weight excluding hydrogens is 266 g/mol. The number of carboxylic acid groups (broad SMARTS) is 1. The Balaban J connectivity index is 2.00. The molecule has 0 bridgehead atoms. The predicted octanol–water partition coefficient (Wildman–Crippen LogP) is 2.97. The smallest absolute Gasteiger partial charge is 0.306 e. The van der Waals surface area contributed by atoms with Gasteiger partial charge >= 0.3 is 5.97 Å². The zero-order valence-corrected chi connectivity index (χ0v) is 12.0. The van der Waals surface area contributed by atoms with Crippen molar-refractivity contribution in [1.82, 2.24) is 4.98 Å². The molecule has 0 aliphatic carbocycles. The van der Waals surface area contributed by atoms with Gasteiger partial charge in [0, 0.05) is 11.9 Å². The zero-order chi connectivity index (χ0) is 15.1. The largest absolute Gasteiger partial charge is 0.497 e. The van der Waals surface area contributed by atoms with E-state index in [0.29, 0.717) is 19.3 Å². The van der Waals surface area contributed by atoms with Crippen molar-refractivity contribution in [2.75, 3.05) is 7.11 Å². The van der Waals surface area contributed by atoms with Gasteiger partial charge in [-0.1, -0.05) is 18.2 Å². The summed E-state index contributed by atoms with van der Waals surface area (Å²) in [6.07, 6.45) is 3.47. The van der Waals surface area contributed by atoms with Crippen molar-refractivity contribution in [2.24, 2.45) is 5.92 Å². The lowest BCUT2D eigenvalue weighted by Crippen LogP contribution is -2.17. The monoisotopic (exact) mass is 285 g/mol. The molecule has 2 aromatic rings. The van der Waals surface area contributed by atoms with Crippen LogP contribution in [-0.4, -0.2) is 23.2 Å². The molecule has 110 valence electrons. The summed E-state index contributed by atoms with van der Waals surface area (Å²) < 4.78 is 5.17. The van der Waals surface area contributed by atoms with Crippen LogP contribution in [0.4, 0.5) is 0 Å². The second-order valence-corrected chi connectivity index (χ2v) is 4.95. The highest BCUT2D eigenvalue weighted by Crippen LogP contribution is 2.19. The van der Waals surface area contributed by atoms with E-state index in [1.54, 1.807) is 13.3 Å². The summed E-state index contributed by atoms with van der Waals surface area (Å²) in [6.45, 7) is 0. The molecule has 1 atom stereocenters. The van der Waals surface area contributed by atoms with Gasteiger partial charge in [-0.3, -0.25) is 9.78 Å². The molecule has 1 N–H and O–H groups in total. The third-order valence-electron chi connectivity index (χ3n) is 3.44. The zero-order valence-electron chi connectivity index (χ0n) is 12.0. The van der Waals surface area contributed by atoms with Crippen molar-refractivity contribution in [3.8, 4) is 5.75 Å². The maximum Gasteiger partial charge on any atom is 0.306 e. The van der Waals surface area contributed by atoms with E-state index in [1.807, 2.05) is 42.5 Å². The molecule has 21 heavy (non-hydrogen) atoms. The van der Waals surface area contributed by atoms with Crippen LogP contribution in [0.25, 0.3) is 0 Å². The first-order valence-electron chi connectivity index (χ1n) is 6.94. The van der Waals surface area contributed by atoms with Gasteiger partial charge in [0.2, 0.25) is 0 Å². The molecule has 0 radical (unpaired) electrons. The maximum atomic E-state index is 11.4. The highest BCUT2D eigenvalue weighted by molar-refractivity contribution is 5.70. The first-order valence-corrected chi connectivity index (χ1v) is 6.94. The minimum Gasteiger partial charge on any atom is -0.497 e. The van der Waals surface area contributed by atoms with Gasteiger partial charge in [0.15, 0.2) is 0 Å². The number of methoxy groups -OCH3 is 1. The fourth-order valence-electron chi connectivity index (χ4n) is 2.26. The van der Waals surface area contributed by atoms with Gasteiger partial charge in [-0.25, -0.2) is 0 Å². The fourth-order valence-corrected chi connectivity index (χ4v) is 2.26. The molecule has 0 fully saturated rings. The Morgan fingerprint density at radius 1 is 1.29 bits per heavy atom. The molecule has 0 amide bonds. The van der Waals surface area contributed by atoms with Gasteiger partial charge in [-0.05, 0) is 49.1 Å². The van der Waals surface area contributed by atoms with Crippen LogP contribution >= 0.6 is 0 Å². The predicted molar refractivity (Wildman–Crippen MR) is 80.4 cm³/mol. The minimum atomic E-state index is -0.770. The Morgan fingerprint density at radius 2 is 2.14 bits per heavy atom. The van der Waals surface area contributed by atoms with E-state index in [0.717, 1.165) is 17.0 Å². The van der Waals surface area contributed by atoms with E-state index in [-0.39, 0.29) is 0 Å². The summed E-state index contributed by atoms with van der Waals surface area (Å²) in [7, 11) is 1.61. The van der Waals surface area contributed by atoms with E-state index in [2.05, 4.69) is 4.98 Å². The molecule has 0 saturated heterocycles. The van der Waals surface area contributed by atoms with Gasteiger partial charge in [0.25, 0.3) is 0 Å². The number of carboxylic acids is 1. The Labute approximate surface area is 124 Å². The maximum absolute atomic E-state index is 11.4. The first-order chi connectivity index (χ1) is 10.2. The van der Waals surface area contributed by atoms with Crippen molar-refractivity contribution in [3.63, 3.8) is 0 Å². The van der Waals surface area contributed by atoms with Crippen LogP contribution < -0.4 is 4.74 Å². The lowest BCUT2D eigenvalue weighted by atomic mass is 9.94. The number of benzene rings is 1. The van der Waals surface area contributed by atoms with Gasteiger partial charge in [-0.15, -0.1) is 0 Å². The van der Waals surface area contributed by atoms with Crippen molar-refractivity contribution in [2.45, 2.75) is 19.3 Å². The number of ether oxygens (including phenoxy) is 1. The van der Waals surface area contributed by atoms with Crippen LogP contribution in [0.1, 0.15) is 17.7 Å². The SMILES string of the molecule is COc1cccc(CC(CCc2ccccn2)C(=O)O)c1. The third-order valence-corrected chi connectivity index (χ3v) is 3.44. The molecule has 4 nitrogen and oxygen atoms in total. The minimum absolute atomic E-state index is 0.417. The number of aryl methyl sites for hydroxylation is 1. The number of rotatable bonds is 7. The molecule has 1 aromatic carbocycles. The van der Waals surface area contributed by atoms with E-state index in [4.69, 9.17) is 4.74 Å². The molecule has 1 unspecified atom stereocenters. The molecule has 0 spiro atoms. The van der Waals surface area contributed by atoms with Gasteiger partial charge in [-0.2, -0.15) is 0 Å². The van der Waals surface area contributed by atoms with E-state index in [1.165, 1.54) is 0 Å². The summed E-state index contributed by atoms with van der Waals surface area (Å²) >= 11 is 0. The second kappa shape index (κ2) is 7.43. The molecule has 2 rings (SSSR count). The number of hydrogen-bond donors (Lipinski definition) is 1. The first kappa shape index (κ1) is 15.0. The van der Waals surface area contributed by atoms with Crippen molar-refractivity contribution in [1.29, 1.82) is 0 Å². The topological polar surface area (TPSA) is 59.4 Å². The van der Waals surface area contributed by atoms with Crippen molar-refractivity contribution in [3.05, 3.63) is 59.9 Å². The molecule has 4 heteroatoms. The number of carbonyl (C=O) groups is 1. The summed E-state index contributed by atoms with van der Waals surface area (Å²) in [5.41, 5.74) is 1.90. The van der Waals surface area contributed by atoms with Gasteiger partial charge in [0.1, 0.15) is 5.75 Å². The standard InChI is InChI=1S/C17H19NO3/c1-21-16-7-4-5-13(12-16)11-14(17(19)20)8-9-15-6-2-3-10-18-15/h2-7,10,12,14H,8-9,11H2,1H3,(H,19,20). The van der Waals surface area contributed by atoms with Crippen LogP contribution in [0, 0.1) is 5.92 Å². The van der Waals surface area contributed by atoms with E-state index < -0.39 is 11.9 Å². The lowest BCUT2D eigenvalue weighted by Gasteiger charge is -2.13. The Kier molecular flexibility index (Phi) is 5.32. The van der Waals surface area contributed by atoms with Crippen LogP contribution in [0.3, 0.4) is 0 Å². The Morgan fingerprint density at radius 3 is 2.81 bits per heavy atom. The molecule has 0 aliphatic rings. The average Bonchev–Trinajstić information content (AvgIpc) is 2.52. The van der Waals surface area contributed by atoms with Crippen LogP contribution in [0.5, 0.6) is 5.75 Å². The number of aliphatic carboxylic acids is 1. The average molecular weight is 285 g/mol. The molecule has 0 aliphatic heterocycles. The second-order valence-electron chi connectivity index (χ2n) is 4.95. The summed E-state index contributed by atoms with van der Waals surface area (Å²) in [5, 5.41) is 9.39. The molecule has 1 heterocycles. The molecule has 0 saturated carbocycles. The van der Waals surface area contributed by atoms with Crippen molar-refractivity contribution >= 4 is 5.97 Å². The number of hydrogen-bond acceptors (Lipinski definition) is 3. The summed E-state index contributed by atoms with van der Waals surface area (Å²) in [5.74, 6) is -0.436. The summed E-state index contributed by atoms with van der Waals surface area (Å²) in [6, 6.07) is 13.2. The molecular formula is C17H19NO3. The van der Waals surface area contributed by atoms with E-state index >= 15 is 0 Å². The third kappa shape index (κ3) is 4.60. The van der Waals surface area contributed by atoms with Crippen LogP contribution in [0.2, 0.25) is 0 Å². The number of aromatic nitrogens is 1. The quantitative estimate of drug-likeness (QED) is 0.849. The highest BCUT2D eigenvalue weighted by atomic mass is 16.5. The van der Waals surface area contributed by atoms with Gasteiger partial charge < -0.3 is 9.84 Å². The summed E-state index contributed by atoms with van der Waals surface area (Å²) in [4.78, 5) is 15.7. The number of pyridine rings is 1. The van der Waals surface area contributed by atoms with Gasteiger partial charge in [0.05, 0.1) is 13.0 Å². The normalized spacial score (nSPS) is 11.9.